The van der Waals surface area contributed by atoms with Crippen LogP contribution in [0.5, 0.6) is 0 Å². The van der Waals surface area contributed by atoms with Crippen molar-refractivity contribution < 1.29 is 67.9 Å². The number of aliphatic carboxylic acids is 2. The van der Waals surface area contributed by atoms with E-state index < -0.39 is 48.1 Å². The number of nitrogens with one attached hydrogen (secondary N) is 2. The molecule has 0 spiro atoms. The minimum Gasteiger partial charge on any atom is -0.481 e. The second kappa shape index (κ2) is 43.5. The lowest BCUT2D eigenvalue weighted by Crippen LogP contribution is -2.32. The number of hydrogen-bond donors (Lipinski definition) is 6. The average Bonchev–Trinajstić information content (AvgIpc) is 3.76. The van der Waals surface area contributed by atoms with Gasteiger partial charge in [0, 0.05) is 68.3 Å². The molecule has 0 unspecified atom stereocenters. The number of aliphatic hydroxyl groups excluding tert-OH is 1. The van der Waals surface area contributed by atoms with Gasteiger partial charge in [0.25, 0.3) is 11.8 Å². The number of benzene rings is 4. The molecule has 2 atom stereocenters. The normalized spacial score (nSPS) is 11.1. The summed E-state index contributed by atoms with van der Waals surface area (Å²) in [5.74, 6) is -3.40. The molecule has 0 saturated carbocycles. The Labute approximate surface area is 476 Å². The SMILES string of the molecule is C.C[C@@H](CCCCNC(=O)OCc1ccccc1N=[N+]=[N-])C(=O)O.Cl.Cl.[N-]=[N+]=Nc1ccccc1CO.[N-]=[N+]=Nc1ccccc1COC(=O)NCCCC[C@H](N)C(=O)O.[N-]=[N+]=Nc1ccccc1COC(=O)ON1C(=O)CCC1=O. The lowest BCUT2D eigenvalue weighted by Gasteiger charge is -2.12. The number of azide groups is 4. The molecule has 5 rings (SSSR count). The van der Waals surface area contributed by atoms with Crippen LogP contribution in [0.2, 0.25) is 0 Å². The number of unbranched alkanes of at least 4 members (excludes halogenated alkanes) is 2. The summed E-state index contributed by atoms with van der Waals surface area (Å²) in [5, 5.41) is 45.5. The first kappa shape index (κ1) is 73.6. The van der Waals surface area contributed by atoms with Crippen molar-refractivity contribution in [3.8, 4) is 0 Å². The highest BCUT2D eigenvalue weighted by Gasteiger charge is 2.33. The highest BCUT2D eigenvalue weighted by molar-refractivity contribution is 6.01. The van der Waals surface area contributed by atoms with Gasteiger partial charge in [-0.15, -0.1) is 24.8 Å². The fraction of sp³-hybridized carbons (Fsp3) is 0.367. The van der Waals surface area contributed by atoms with Crippen molar-refractivity contribution in [2.24, 2.45) is 32.1 Å². The van der Waals surface area contributed by atoms with Gasteiger partial charge in [0.15, 0.2) is 0 Å². The van der Waals surface area contributed by atoms with Crippen molar-refractivity contribution >= 4 is 89.7 Å². The molecule has 4 amide bonds. The molecule has 4 aromatic carbocycles. The molecule has 32 heteroatoms. The largest absolute Gasteiger partial charge is 0.534 e. The van der Waals surface area contributed by atoms with Crippen molar-refractivity contribution in [3.63, 3.8) is 0 Å². The highest BCUT2D eigenvalue weighted by Crippen LogP contribution is 2.23. The minimum absolute atomic E-state index is 0. The average molecular weight is 1170 g/mol. The summed E-state index contributed by atoms with van der Waals surface area (Å²) in [6.45, 7) is 2.12. The molecule has 1 aliphatic heterocycles. The molecule has 1 aliphatic rings. The van der Waals surface area contributed by atoms with Crippen LogP contribution < -0.4 is 16.4 Å². The second-order valence-corrected chi connectivity index (χ2v) is 15.8. The van der Waals surface area contributed by atoms with Gasteiger partial charge in [-0.2, -0.15) is 0 Å². The Bertz CT molecular complexity index is 2740. The first-order chi connectivity index (χ1) is 37.6. The molecule has 0 radical (unpaired) electrons. The molecule has 30 nitrogen and oxygen atoms in total. The van der Waals surface area contributed by atoms with Gasteiger partial charge in [0.1, 0.15) is 25.9 Å². The van der Waals surface area contributed by atoms with Crippen LogP contribution in [-0.2, 0) is 64.7 Å². The van der Waals surface area contributed by atoms with Crippen molar-refractivity contribution in [3.05, 3.63) is 161 Å². The van der Waals surface area contributed by atoms with Crippen molar-refractivity contribution in [2.75, 3.05) is 13.1 Å². The molecular weight excluding hydrogens is 1110 g/mol. The van der Waals surface area contributed by atoms with Gasteiger partial charge in [-0.3, -0.25) is 24.0 Å². The van der Waals surface area contributed by atoms with E-state index in [1.807, 2.05) is 0 Å². The van der Waals surface area contributed by atoms with Crippen molar-refractivity contribution in [1.29, 1.82) is 0 Å². The van der Waals surface area contributed by atoms with Crippen LogP contribution in [0.1, 0.15) is 88.0 Å². The Hall–Kier alpha value is -9.49. The molecular formula is C49H62Cl2N16O14. The summed E-state index contributed by atoms with van der Waals surface area (Å²) >= 11 is 0. The number of nitrogens with two attached hydrogens (primary N) is 1. The zero-order chi connectivity index (χ0) is 57.5. The van der Waals surface area contributed by atoms with Crippen LogP contribution in [0.15, 0.2) is 118 Å². The number of carbonyl (C=O) groups is 7. The Balaban J connectivity index is 0. The number of carbonyl (C=O) groups excluding carboxylic acids is 5. The van der Waals surface area contributed by atoms with Gasteiger partial charge >= 0.3 is 30.3 Å². The summed E-state index contributed by atoms with van der Waals surface area (Å²) in [5.41, 5.74) is 42.8. The summed E-state index contributed by atoms with van der Waals surface area (Å²) in [4.78, 5) is 93.4. The quantitative estimate of drug-likeness (QED) is 0.00722. The van der Waals surface area contributed by atoms with Crippen molar-refractivity contribution in [2.45, 2.75) is 98.2 Å². The highest BCUT2D eigenvalue weighted by atomic mass is 35.5. The van der Waals surface area contributed by atoms with E-state index in [-0.39, 0.29) is 77.4 Å². The van der Waals surface area contributed by atoms with Gasteiger partial charge < -0.3 is 45.9 Å². The lowest BCUT2D eigenvalue weighted by molar-refractivity contribution is -0.177. The third kappa shape index (κ3) is 30.3. The number of halogens is 2. The molecule has 7 N–H and O–H groups in total. The summed E-state index contributed by atoms with van der Waals surface area (Å²) in [6, 6.07) is 26.1. The number of carboxylic acids is 2. The predicted molar refractivity (Wildman–Crippen MR) is 297 cm³/mol. The maximum absolute atomic E-state index is 11.6. The topological polar surface area (TPSA) is 465 Å². The van der Waals surface area contributed by atoms with E-state index in [0.29, 0.717) is 102 Å². The molecule has 436 valence electrons. The van der Waals surface area contributed by atoms with E-state index in [4.69, 9.17) is 57.4 Å². The Morgan fingerprint density at radius 3 is 1.28 bits per heavy atom. The third-order valence-electron chi connectivity index (χ3n) is 10.3. The van der Waals surface area contributed by atoms with Crippen LogP contribution in [-0.4, -0.2) is 81.6 Å². The molecule has 1 fully saturated rings. The van der Waals surface area contributed by atoms with Gasteiger partial charge in [-0.05, 0) is 76.5 Å². The van der Waals surface area contributed by atoms with E-state index in [2.05, 4.69) is 55.6 Å². The van der Waals surface area contributed by atoms with Crippen LogP contribution >= 0.6 is 24.8 Å². The van der Waals surface area contributed by atoms with E-state index in [9.17, 15) is 33.6 Å². The number of carboxylic acid groups (broad SMARTS) is 2. The first-order valence-corrected chi connectivity index (χ1v) is 23.4. The van der Waals surface area contributed by atoms with Crippen LogP contribution in [0.3, 0.4) is 0 Å². The number of hydrogen-bond acceptors (Lipinski definition) is 17. The van der Waals surface area contributed by atoms with Crippen LogP contribution in [0, 0.1) is 5.92 Å². The maximum atomic E-state index is 11.6. The summed E-state index contributed by atoms with van der Waals surface area (Å²) in [7, 11) is 0. The Kier molecular flexibility index (Phi) is 39.5. The number of rotatable bonds is 24. The van der Waals surface area contributed by atoms with Gasteiger partial charge in [0.05, 0.1) is 12.5 Å². The molecule has 0 bridgehead atoms. The van der Waals surface area contributed by atoms with Gasteiger partial charge in [-0.25, -0.2) is 14.4 Å². The smallest absolute Gasteiger partial charge is 0.481 e. The summed E-state index contributed by atoms with van der Waals surface area (Å²) in [6.07, 6.45) is 1.19. The molecule has 0 aliphatic carbocycles. The van der Waals surface area contributed by atoms with E-state index >= 15 is 0 Å². The number of imide groups is 1. The molecule has 1 heterocycles. The van der Waals surface area contributed by atoms with E-state index in [1.165, 1.54) is 0 Å². The van der Waals surface area contributed by atoms with Gasteiger partial charge in [-0.1, -0.05) is 143 Å². The van der Waals surface area contributed by atoms with E-state index in [1.54, 1.807) is 104 Å². The Morgan fingerprint density at radius 2 is 0.926 bits per heavy atom. The molecule has 81 heavy (non-hydrogen) atoms. The zero-order valence-electron chi connectivity index (χ0n) is 42.8. The minimum atomic E-state index is -1.19. The third-order valence-corrected chi connectivity index (χ3v) is 10.3. The van der Waals surface area contributed by atoms with Crippen LogP contribution in [0.4, 0.5) is 37.1 Å². The lowest BCUT2D eigenvalue weighted by atomic mass is 10.0. The number of nitrogens with zero attached hydrogens (tertiary/aromatic N) is 13. The number of amides is 4. The van der Waals surface area contributed by atoms with Crippen LogP contribution in [0.25, 0.3) is 41.8 Å². The van der Waals surface area contributed by atoms with Crippen molar-refractivity contribution in [1.82, 2.24) is 15.7 Å². The zero-order valence-corrected chi connectivity index (χ0v) is 44.5. The number of alkyl carbamates (subject to hydrolysis) is 2. The number of aliphatic hydroxyl groups is 1. The Morgan fingerprint density at radius 1 is 0.580 bits per heavy atom. The fourth-order valence-electron chi connectivity index (χ4n) is 6.10. The predicted octanol–water partition coefficient (Wildman–Crippen LogP) is 12.1. The first-order valence-electron chi connectivity index (χ1n) is 23.4. The second-order valence-electron chi connectivity index (χ2n) is 15.8. The molecule has 4 aromatic rings. The number of ether oxygens (including phenoxy) is 3. The van der Waals surface area contributed by atoms with Gasteiger partial charge in [0.2, 0.25) is 0 Å². The number of hydroxylamine groups is 2. The maximum Gasteiger partial charge on any atom is 0.534 e. The molecule has 1 saturated heterocycles. The standard InChI is InChI=1S/C15H20N4O4.C14H19N5O4.C12H10N4O5.C7H7N3O.CH4.2ClH/c1-11(14(20)21)6-4-5-9-17-15(22)23-10-12-7-2-3-8-13(12)18-19-16;15-11(13(20)21)6-3-4-8-17-14(22)23-9-10-5-1-2-7-12(10)18-19-16;13-15-14-9-4-2-1-3-8(9)7-20-12(19)21-16-10(17)5-6-11(16)18;8-10-9-7-4-2-1-3-6(7)5-11;;;/h2-3,7-8,11H,4-6,9-10H2,1H3,(H,17,22)(H,20,21);1-2,5,7,11H,3-4,6,8-9,15H2,(H,17,22)(H,20,21);1-4H,5-7H2;1-4,11H,5H2;1H4;2*1H/t2*11-;;;;;/m00...../s1. The molecule has 0 aromatic heterocycles. The fourth-order valence-corrected chi connectivity index (χ4v) is 6.10. The monoisotopic (exact) mass is 1170 g/mol. The van der Waals surface area contributed by atoms with E-state index in [0.717, 1.165) is 0 Å². The summed E-state index contributed by atoms with van der Waals surface area (Å²) < 4.78 is 14.9.